The zero-order valence-electron chi connectivity index (χ0n) is 21.9. The van der Waals surface area contributed by atoms with Gasteiger partial charge in [0.25, 0.3) is 0 Å². The van der Waals surface area contributed by atoms with Crippen molar-refractivity contribution in [1.29, 1.82) is 0 Å². The highest BCUT2D eigenvalue weighted by Gasteiger charge is 2.19. The maximum absolute atomic E-state index is 11.9. The molecule has 0 bridgehead atoms. The van der Waals surface area contributed by atoms with Gasteiger partial charge in [-0.15, -0.1) is 0 Å². The Morgan fingerprint density at radius 2 is 2.11 bits per heavy atom. The smallest absolute Gasteiger partial charge is 0.326 e. The van der Waals surface area contributed by atoms with Crippen LogP contribution in [0.25, 0.3) is 0 Å². The monoisotopic (exact) mass is 506 g/mol. The summed E-state index contributed by atoms with van der Waals surface area (Å²) in [7, 11) is 0. The lowest BCUT2D eigenvalue weighted by Gasteiger charge is -2.25. The molecular weight excluding hydrogens is 468 g/mol. The normalized spacial score (nSPS) is 13.7. The molecule has 3 N–H and O–H groups in total. The van der Waals surface area contributed by atoms with E-state index >= 15 is 0 Å². The minimum Gasteiger partial charge on any atom is -0.480 e. The standard InChI is InChI=1S/C27H38N8O2/c1-20-18-21(2)35(33-20)17-16-34(15-11-24(27(36)37)32-25-10-13-28-19-30-25)14-4-3-7-23-9-8-22-6-5-12-29-26(22)31-23/h8-10,13,18-19,24H,3-7,11-12,14-17H2,1-2H3,(H,29,31)(H,36,37)(H,28,30,32)/t24-/m0/s1. The van der Waals surface area contributed by atoms with E-state index in [1.165, 1.54) is 18.3 Å². The molecule has 3 aromatic heterocycles. The van der Waals surface area contributed by atoms with Crippen molar-refractivity contribution in [2.24, 2.45) is 0 Å². The van der Waals surface area contributed by atoms with Gasteiger partial charge in [0.1, 0.15) is 24.0 Å². The summed E-state index contributed by atoms with van der Waals surface area (Å²) in [5.74, 6) is 0.680. The number of nitrogens with zero attached hydrogens (tertiary/aromatic N) is 6. The Bertz CT molecular complexity index is 1150. The summed E-state index contributed by atoms with van der Waals surface area (Å²) < 4.78 is 2.03. The van der Waals surface area contributed by atoms with Gasteiger partial charge in [0.05, 0.1) is 12.2 Å². The van der Waals surface area contributed by atoms with Gasteiger partial charge in [-0.05, 0) is 82.7 Å². The number of pyridine rings is 1. The van der Waals surface area contributed by atoms with E-state index in [-0.39, 0.29) is 0 Å². The van der Waals surface area contributed by atoms with Crippen molar-refractivity contribution in [2.45, 2.75) is 65.0 Å². The summed E-state index contributed by atoms with van der Waals surface area (Å²) in [6, 6.07) is 7.40. The van der Waals surface area contributed by atoms with Crippen LogP contribution in [0.3, 0.4) is 0 Å². The van der Waals surface area contributed by atoms with Gasteiger partial charge >= 0.3 is 5.97 Å². The lowest BCUT2D eigenvalue weighted by Crippen LogP contribution is -2.37. The number of hydrogen-bond acceptors (Lipinski definition) is 8. The van der Waals surface area contributed by atoms with Gasteiger partial charge in [-0.2, -0.15) is 5.10 Å². The van der Waals surface area contributed by atoms with E-state index in [0.717, 1.165) is 74.8 Å². The second kappa shape index (κ2) is 13.1. The third-order valence-electron chi connectivity index (χ3n) is 6.78. The average Bonchev–Trinajstić information content (AvgIpc) is 3.23. The first-order valence-electron chi connectivity index (χ1n) is 13.2. The number of fused-ring (bicyclic) bond motifs is 1. The minimum atomic E-state index is -0.885. The fourth-order valence-corrected chi connectivity index (χ4v) is 4.75. The fraction of sp³-hybridized carbons (Fsp3) is 0.519. The van der Waals surface area contributed by atoms with Crippen LogP contribution in [0.4, 0.5) is 11.6 Å². The number of carboxylic acid groups (broad SMARTS) is 1. The van der Waals surface area contributed by atoms with Crippen molar-refractivity contribution in [2.75, 3.05) is 36.8 Å². The van der Waals surface area contributed by atoms with Gasteiger partial charge in [0.2, 0.25) is 0 Å². The molecule has 198 valence electrons. The number of aryl methyl sites for hydroxylation is 4. The molecule has 4 rings (SSSR count). The lowest BCUT2D eigenvalue weighted by atomic mass is 10.1. The highest BCUT2D eigenvalue weighted by Crippen LogP contribution is 2.20. The first-order chi connectivity index (χ1) is 18.0. The van der Waals surface area contributed by atoms with Gasteiger partial charge in [-0.1, -0.05) is 6.07 Å². The van der Waals surface area contributed by atoms with E-state index in [0.29, 0.717) is 18.8 Å². The van der Waals surface area contributed by atoms with E-state index < -0.39 is 12.0 Å². The van der Waals surface area contributed by atoms with Crippen molar-refractivity contribution in [3.63, 3.8) is 0 Å². The Morgan fingerprint density at radius 1 is 1.22 bits per heavy atom. The lowest BCUT2D eigenvalue weighted by molar-refractivity contribution is -0.138. The van der Waals surface area contributed by atoms with Gasteiger partial charge in [0.15, 0.2) is 0 Å². The zero-order chi connectivity index (χ0) is 26.0. The van der Waals surface area contributed by atoms with Crippen LogP contribution in [-0.2, 0) is 24.2 Å². The SMILES string of the molecule is Cc1cc(C)n(CCN(CCCCc2ccc3c(n2)NCCC3)CC[C@H](Nc2ccncn2)C(=O)O)n1. The molecule has 0 saturated heterocycles. The summed E-state index contributed by atoms with van der Waals surface area (Å²) >= 11 is 0. The van der Waals surface area contributed by atoms with Crippen LogP contribution in [0.2, 0.25) is 0 Å². The fourth-order valence-electron chi connectivity index (χ4n) is 4.75. The number of nitrogens with one attached hydrogen (secondary N) is 2. The Kier molecular flexibility index (Phi) is 9.42. The molecule has 4 heterocycles. The summed E-state index contributed by atoms with van der Waals surface area (Å²) in [5, 5.41) is 20.8. The molecule has 37 heavy (non-hydrogen) atoms. The van der Waals surface area contributed by atoms with Crippen LogP contribution in [0.15, 0.2) is 36.8 Å². The summed E-state index contributed by atoms with van der Waals surface area (Å²) in [5.41, 5.74) is 4.59. The van der Waals surface area contributed by atoms with E-state index in [1.54, 1.807) is 12.3 Å². The number of rotatable bonds is 14. The number of carboxylic acids is 1. The molecule has 0 amide bonds. The van der Waals surface area contributed by atoms with Crippen LogP contribution in [-0.4, -0.2) is 72.9 Å². The maximum Gasteiger partial charge on any atom is 0.326 e. The Morgan fingerprint density at radius 3 is 2.86 bits per heavy atom. The zero-order valence-corrected chi connectivity index (χ0v) is 21.9. The summed E-state index contributed by atoms with van der Waals surface area (Å²) in [4.78, 5) is 27.1. The predicted octanol–water partition coefficient (Wildman–Crippen LogP) is 3.32. The third kappa shape index (κ3) is 7.98. The molecule has 1 aliphatic heterocycles. The molecule has 0 radical (unpaired) electrons. The number of aromatic nitrogens is 5. The summed E-state index contributed by atoms with van der Waals surface area (Å²) in [6.07, 6.45) is 8.73. The highest BCUT2D eigenvalue weighted by molar-refractivity contribution is 5.76. The molecule has 0 aliphatic carbocycles. The van der Waals surface area contributed by atoms with E-state index in [1.807, 2.05) is 11.6 Å². The van der Waals surface area contributed by atoms with Gasteiger partial charge in [-0.25, -0.2) is 19.7 Å². The molecule has 0 spiro atoms. The number of aliphatic carboxylic acids is 1. The largest absolute Gasteiger partial charge is 0.480 e. The summed E-state index contributed by atoms with van der Waals surface area (Å²) in [6.45, 7) is 8.20. The Balaban J connectivity index is 1.32. The van der Waals surface area contributed by atoms with Gasteiger partial charge in [0, 0.05) is 37.2 Å². The second-order valence-corrected chi connectivity index (χ2v) is 9.71. The van der Waals surface area contributed by atoms with E-state index in [9.17, 15) is 9.90 Å². The van der Waals surface area contributed by atoms with Crippen LogP contribution in [0.1, 0.15) is 48.3 Å². The molecule has 3 aromatic rings. The topological polar surface area (TPSA) is 121 Å². The molecule has 1 aliphatic rings. The predicted molar refractivity (Wildman–Crippen MR) is 144 cm³/mol. The number of unbranched alkanes of at least 4 members (excludes halogenated alkanes) is 1. The highest BCUT2D eigenvalue weighted by atomic mass is 16.4. The average molecular weight is 507 g/mol. The van der Waals surface area contributed by atoms with E-state index in [4.69, 9.17) is 4.98 Å². The molecule has 0 unspecified atom stereocenters. The van der Waals surface area contributed by atoms with Gasteiger partial charge in [-0.3, -0.25) is 4.68 Å². The Labute approximate surface area is 218 Å². The van der Waals surface area contributed by atoms with Crippen molar-refractivity contribution < 1.29 is 9.90 Å². The van der Waals surface area contributed by atoms with Crippen LogP contribution >= 0.6 is 0 Å². The molecule has 10 nitrogen and oxygen atoms in total. The molecule has 1 atom stereocenters. The van der Waals surface area contributed by atoms with Crippen LogP contribution < -0.4 is 10.6 Å². The third-order valence-corrected chi connectivity index (χ3v) is 6.78. The Hall–Kier alpha value is -3.53. The van der Waals surface area contributed by atoms with E-state index in [2.05, 4.69) is 55.7 Å². The quantitative estimate of drug-likeness (QED) is 0.283. The maximum atomic E-state index is 11.9. The molecule has 10 heteroatoms. The van der Waals surface area contributed by atoms with Crippen molar-refractivity contribution in [3.8, 4) is 0 Å². The second-order valence-electron chi connectivity index (χ2n) is 9.71. The molecule has 0 aromatic carbocycles. The van der Waals surface area contributed by atoms with Crippen LogP contribution in [0.5, 0.6) is 0 Å². The van der Waals surface area contributed by atoms with Gasteiger partial charge < -0.3 is 20.6 Å². The van der Waals surface area contributed by atoms with Crippen LogP contribution in [0, 0.1) is 13.8 Å². The molecule has 0 saturated carbocycles. The first-order valence-corrected chi connectivity index (χ1v) is 13.2. The van der Waals surface area contributed by atoms with Crippen molar-refractivity contribution >= 4 is 17.6 Å². The molecular formula is C27H38N8O2. The minimum absolute atomic E-state index is 0.467. The van der Waals surface area contributed by atoms with Crippen molar-refractivity contribution in [1.82, 2.24) is 29.6 Å². The first kappa shape index (κ1) is 26.5. The molecule has 0 fully saturated rings. The number of carbonyl (C=O) groups is 1. The number of anilines is 2. The number of hydrogen-bond donors (Lipinski definition) is 3. The van der Waals surface area contributed by atoms with Crippen molar-refractivity contribution in [3.05, 3.63) is 59.4 Å².